The van der Waals surface area contributed by atoms with Crippen LogP contribution in [0, 0.1) is 17.0 Å². The van der Waals surface area contributed by atoms with E-state index in [1.807, 2.05) is 6.92 Å². The van der Waals surface area contributed by atoms with E-state index in [2.05, 4.69) is 15.0 Å². The number of aryl methyl sites for hydroxylation is 1. The van der Waals surface area contributed by atoms with E-state index < -0.39 is 4.92 Å². The van der Waals surface area contributed by atoms with Gasteiger partial charge >= 0.3 is 5.00 Å². The Labute approximate surface area is 98.9 Å². The predicted molar refractivity (Wildman–Crippen MR) is 59.7 cm³/mol. The van der Waals surface area contributed by atoms with Crippen LogP contribution in [-0.4, -0.2) is 19.9 Å². The molecule has 0 radical (unpaired) electrons. The Balaban J connectivity index is 2.17. The Kier molecular flexibility index (Phi) is 3.11. The summed E-state index contributed by atoms with van der Waals surface area (Å²) in [6, 6.07) is 1.79. The van der Waals surface area contributed by atoms with Crippen molar-refractivity contribution in [3.63, 3.8) is 0 Å². The average Bonchev–Trinajstić information content (AvgIpc) is 2.66. The lowest BCUT2D eigenvalue weighted by Crippen LogP contribution is -1.87. The number of rotatable bonds is 3. The van der Waals surface area contributed by atoms with Gasteiger partial charge in [-0.05, 0) is 36.1 Å². The van der Waals surface area contributed by atoms with Crippen molar-refractivity contribution in [2.75, 3.05) is 0 Å². The van der Waals surface area contributed by atoms with Gasteiger partial charge < -0.3 is 0 Å². The molecule has 0 aliphatic heterocycles. The van der Waals surface area contributed by atoms with E-state index in [-0.39, 0.29) is 5.00 Å². The summed E-state index contributed by atoms with van der Waals surface area (Å²) in [7, 11) is 0. The van der Waals surface area contributed by atoms with Crippen molar-refractivity contribution in [1.29, 1.82) is 0 Å². The normalized spacial score (nSPS) is 10.3. The molecule has 0 amide bonds. The Morgan fingerprint density at radius 3 is 2.94 bits per heavy atom. The second-order valence-electron chi connectivity index (χ2n) is 2.80. The van der Waals surface area contributed by atoms with E-state index in [4.69, 9.17) is 0 Å². The monoisotopic (exact) mass is 254 g/mol. The number of thiazole rings is 1. The molecule has 0 spiro atoms. The highest BCUT2D eigenvalue weighted by molar-refractivity contribution is 8.00. The third-order valence-corrected chi connectivity index (χ3v) is 3.51. The molecule has 2 aromatic rings. The van der Waals surface area contributed by atoms with Gasteiger partial charge in [0.2, 0.25) is 0 Å². The first-order valence-electron chi connectivity index (χ1n) is 4.23. The molecular formula is C8H6N4O2S2. The van der Waals surface area contributed by atoms with Gasteiger partial charge in [0.25, 0.3) is 0 Å². The molecule has 0 atom stereocenters. The fourth-order valence-corrected chi connectivity index (χ4v) is 2.61. The molecule has 0 aromatic carbocycles. The number of nitro groups is 1. The van der Waals surface area contributed by atoms with Crippen LogP contribution in [0.15, 0.2) is 28.0 Å². The minimum Gasteiger partial charge on any atom is -0.257 e. The molecule has 82 valence electrons. The first-order chi connectivity index (χ1) is 7.65. The van der Waals surface area contributed by atoms with E-state index in [1.165, 1.54) is 18.0 Å². The van der Waals surface area contributed by atoms with Crippen LogP contribution in [0.2, 0.25) is 0 Å². The van der Waals surface area contributed by atoms with Crippen LogP contribution < -0.4 is 0 Å². The molecule has 2 heterocycles. The molecule has 8 heteroatoms. The largest absolute Gasteiger partial charge is 0.344 e. The summed E-state index contributed by atoms with van der Waals surface area (Å²) >= 11 is 2.24. The van der Waals surface area contributed by atoms with Crippen molar-refractivity contribution in [2.45, 2.75) is 16.4 Å². The maximum Gasteiger partial charge on any atom is 0.344 e. The second-order valence-corrected chi connectivity index (χ2v) is 5.03. The molecule has 0 saturated carbocycles. The number of nitrogens with zero attached hydrogens (tertiary/aromatic N) is 4. The lowest BCUT2D eigenvalue weighted by Gasteiger charge is -1.95. The van der Waals surface area contributed by atoms with Gasteiger partial charge in [0.05, 0.1) is 4.92 Å². The Hall–Kier alpha value is -1.54. The zero-order valence-electron chi connectivity index (χ0n) is 8.15. The minimum atomic E-state index is -0.459. The van der Waals surface area contributed by atoms with Gasteiger partial charge in [0.1, 0.15) is 6.20 Å². The minimum absolute atomic E-state index is 0.0233. The molecule has 2 aromatic heterocycles. The van der Waals surface area contributed by atoms with Crippen LogP contribution >= 0.6 is 23.1 Å². The fourth-order valence-electron chi connectivity index (χ4n) is 0.935. The molecule has 0 N–H and O–H groups in total. The average molecular weight is 254 g/mol. The SMILES string of the molecule is Cc1ccnc(Sc2ncc([N+](=O)[O-])s2)n1. The topological polar surface area (TPSA) is 81.8 Å². The first-order valence-corrected chi connectivity index (χ1v) is 5.86. The van der Waals surface area contributed by atoms with Crippen LogP contribution in [0.4, 0.5) is 5.00 Å². The summed E-state index contributed by atoms with van der Waals surface area (Å²) < 4.78 is 0.567. The Bertz CT molecular complexity index is 528. The van der Waals surface area contributed by atoms with E-state index in [1.54, 1.807) is 12.3 Å². The van der Waals surface area contributed by atoms with Crippen LogP contribution in [-0.2, 0) is 0 Å². The summed E-state index contributed by atoms with van der Waals surface area (Å²) in [5.74, 6) is 0. The van der Waals surface area contributed by atoms with Gasteiger partial charge in [0.15, 0.2) is 9.50 Å². The fraction of sp³-hybridized carbons (Fsp3) is 0.125. The summed E-state index contributed by atoms with van der Waals surface area (Å²) in [5.41, 5.74) is 0.851. The number of hydrogen-bond acceptors (Lipinski definition) is 7. The van der Waals surface area contributed by atoms with Crippen molar-refractivity contribution in [3.8, 4) is 0 Å². The van der Waals surface area contributed by atoms with Crippen LogP contribution in [0.3, 0.4) is 0 Å². The smallest absolute Gasteiger partial charge is 0.257 e. The first kappa shape index (κ1) is 11.0. The molecule has 16 heavy (non-hydrogen) atoms. The number of hydrogen-bond donors (Lipinski definition) is 0. The summed E-state index contributed by atoms with van der Waals surface area (Å²) in [4.78, 5) is 22.1. The van der Waals surface area contributed by atoms with E-state index in [0.717, 1.165) is 17.0 Å². The van der Waals surface area contributed by atoms with E-state index in [9.17, 15) is 10.1 Å². The van der Waals surface area contributed by atoms with Crippen LogP contribution in [0.5, 0.6) is 0 Å². The van der Waals surface area contributed by atoms with Gasteiger partial charge in [-0.3, -0.25) is 10.1 Å². The third-order valence-electron chi connectivity index (χ3n) is 1.60. The molecule has 0 unspecified atom stereocenters. The molecule has 0 aliphatic carbocycles. The van der Waals surface area contributed by atoms with Crippen molar-refractivity contribution >= 4 is 28.1 Å². The highest BCUT2D eigenvalue weighted by Gasteiger charge is 2.13. The molecule has 0 bridgehead atoms. The summed E-state index contributed by atoms with van der Waals surface area (Å²) in [6.45, 7) is 1.86. The highest BCUT2D eigenvalue weighted by Crippen LogP contribution is 2.32. The highest BCUT2D eigenvalue weighted by atomic mass is 32.2. The lowest BCUT2D eigenvalue weighted by atomic mass is 10.5. The second kappa shape index (κ2) is 4.54. The van der Waals surface area contributed by atoms with Crippen molar-refractivity contribution in [2.24, 2.45) is 0 Å². The standard InChI is InChI=1S/C8H6N4O2S2/c1-5-2-3-9-7(11-5)16-8-10-4-6(15-8)12(13)14/h2-4H,1H3. The molecule has 6 nitrogen and oxygen atoms in total. The summed E-state index contributed by atoms with van der Waals surface area (Å²) in [6.07, 6.45) is 2.88. The molecule has 0 saturated heterocycles. The zero-order chi connectivity index (χ0) is 11.5. The van der Waals surface area contributed by atoms with Crippen molar-refractivity contribution < 1.29 is 4.92 Å². The third kappa shape index (κ3) is 2.52. The Morgan fingerprint density at radius 2 is 2.31 bits per heavy atom. The Morgan fingerprint density at radius 1 is 1.50 bits per heavy atom. The van der Waals surface area contributed by atoms with Crippen molar-refractivity contribution in [3.05, 3.63) is 34.3 Å². The number of aromatic nitrogens is 3. The summed E-state index contributed by atoms with van der Waals surface area (Å²) in [5, 5.41) is 11.0. The molecule has 2 rings (SSSR count). The van der Waals surface area contributed by atoms with E-state index in [0.29, 0.717) is 9.50 Å². The lowest BCUT2D eigenvalue weighted by molar-refractivity contribution is -0.380. The molecule has 0 aliphatic rings. The molecular weight excluding hydrogens is 248 g/mol. The van der Waals surface area contributed by atoms with Gasteiger partial charge in [-0.15, -0.1) is 0 Å². The molecule has 0 fully saturated rings. The predicted octanol–water partition coefficient (Wildman–Crippen LogP) is 2.30. The van der Waals surface area contributed by atoms with Gasteiger partial charge in [0, 0.05) is 11.9 Å². The maximum absolute atomic E-state index is 10.5. The zero-order valence-corrected chi connectivity index (χ0v) is 9.79. The van der Waals surface area contributed by atoms with Crippen LogP contribution in [0.25, 0.3) is 0 Å². The van der Waals surface area contributed by atoms with Crippen LogP contribution in [0.1, 0.15) is 5.69 Å². The van der Waals surface area contributed by atoms with Gasteiger partial charge in [-0.2, -0.15) is 0 Å². The maximum atomic E-state index is 10.5. The van der Waals surface area contributed by atoms with Gasteiger partial charge in [-0.1, -0.05) is 0 Å². The quantitative estimate of drug-likeness (QED) is 0.475. The van der Waals surface area contributed by atoms with E-state index >= 15 is 0 Å². The van der Waals surface area contributed by atoms with Crippen molar-refractivity contribution in [1.82, 2.24) is 15.0 Å². The van der Waals surface area contributed by atoms with Gasteiger partial charge in [-0.25, -0.2) is 15.0 Å².